The lowest BCUT2D eigenvalue weighted by Crippen LogP contribution is -2.14. The number of carboxylic acids is 1. The zero-order chi connectivity index (χ0) is 21.7. The molecule has 30 heavy (non-hydrogen) atoms. The summed E-state index contributed by atoms with van der Waals surface area (Å²) in [4.78, 5) is 11.4. The summed E-state index contributed by atoms with van der Waals surface area (Å²) in [6.45, 7) is 0.240. The zero-order valence-electron chi connectivity index (χ0n) is 15.5. The van der Waals surface area contributed by atoms with E-state index >= 15 is 0 Å². The molecular formula is C22H17F4NO3. The number of hydrogen-bond donors (Lipinski definition) is 2. The van der Waals surface area contributed by atoms with E-state index < -0.39 is 34.8 Å². The van der Waals surface area contributed by atoms with Gasteiger partial charge in [-0.2, -0.15) is 13.2 Å². The summed E-state index contributed by atoms with van der Waals surface area (Å²) < 4.78 is 59.5. The van der Waals surface area contributed by atoms with Crippen LogP contribution >= 0.6 is 0 Å². The molecule has 4 nitrogen and oxygen atoms in total. The monoisotopic (exact) mass is 419 g/mol. The minimum absolute atomic E-state index is 0.0175. The van der Waals surface area contributed by atoms with Crippen LogP contribution < -0.4 is 10.1 Å². The summed E-state index contributed by atoms with van der Waals surface area (Å²) in [7, 11) is 0. The molecule has 0 aliphatic heterocycles. The van der Waals surface area contributed by atoms with E-state index in [1.165, 1.54) is 12.1 Å². The third-order valence-corrected chi connectivity index (χ3v) is 4.25. The summed E-state index contributed by atoms with van der Waals surface area (Å²) in [5.41, 5.74) is -0.941. The summed E-state index contributed by atoms with van der Waals surface area (Å²) in [6.07, 6.45) is -4.37. The van der Waals surface area contributed by atoms with Gasteiger partial charge in [0.2, 0.25) is 0 Å². The van der Waals surface area contributed by atoms with Crippen LogP contribution in [0.1, 0.15) is 21.5 Å². The van der Waals surface area contributed by atoms with E-state index in [9.17, 15) is 27.5 Å². The average Bonchev–Trinajstić information content (AvgIpc) is 2.70. The molecule has 2 N–H and O–H groups in total. The van der Waals surface area contributed by atoms with Gasteiger partial charge in [0.1, 0.15) is 17.1 Å². The third-order valence-electron chi connectivity index (χ3n) is 4.25. The van der Waals surface area contributed by atoms with Crippen molar-refractivity contribution in [3.63, 3.8) is 0 Å². The lowest BCUT2D eigenvalue weighted by atomic mass is 10.1. The molecule has 0 spiro atoms. The number of aromatic carboxylic acids is 1. The number of carboxylic acid groups (broad SMARTS) is 1. The van der Waals surface area contributed by atoms with Crippen molar-refractivity contribution in [3.05, 3.63) is 89.2 Å². The number of ether oxygens (including phenoxy) is 1. The summed E-state index contributed by atoms with van der Waals surface area (Å²) in [5, 5.41) is 12.1. The van der Waals surface area contributed by atoms with Crippen molar-refractivity contribution >= 4 is 11.7 Å². The van der Waals surface area contributed by atoms with E-state index in [1.54, 1.807) is 0 Å². The quantitative estimate of drug-likeness (QED) is 0.462. The zero-order valence-corrected chi connectivity index (χ0v) is 15.5. The maximum Gasteiger partial charge on any atom is 0.420 e. The van der Waals surface area contributed by atoms with Gasteiger partial charge in [0, 0.05) is 6.54 Å². The smallest absolute Gasteiger partial charge is 0.420 e. The van der Waals surface area contributed by atoms with Gasteiger partial charge in [-0.1, -0.05) is 30.3 Å². The van der Waals surface area contributed by atoms with Crippen LogP contribution in [-0.2, 0) is 12.6 Å². The van der Waals surface area contributed by atoms with Gasteiger partial charge in [0.15, 0.2) is 5.75 Å². The molecule has 0 amide bonds. The normalized spacial score (nSPS) is 11.2. The predicted molar refractivity (Wildman–Crippen MR) is 104 cm³/mol. The fraction of sp³-hybridized carbons (Fsp3) is 0.136. The van der Waals surface area contributed by atoms with Crippen molar-refractivity contribution in [2.24, 2.45) is 0 Å². The van der Waals surface area contributed by atoms with Gasteiger partial charge in [-0.3, -0.25) is 0 Å². The number of rotatable bonds is 7. The maximum absolute atomic E-state index is 13.7. The first-order chi connectivity index (χ1) is 14.2. The Morgan fingerprint density at radius 3 is 2.27 bits per heavy atom. The largest absolute Gasteiger partial charge is 0.478 e. The molecule has 0 heterocycles. The van der Waals surface area contributed by atoms with Crippen molar-refractivity contribution < 1.29 is 32.2 Å². The number of carbonyl (C=O) groups is 1. The topological polar surface area (TPSA) is 58.6 Å². The summed E-state index contributed by atoms with van der Waals surface area (Å²) in [6, 6.07) is 15.3. The molecule has 0 bridgehead atoms. The molecule has 3 aromatic rings. The van der Waals surface area contributed by atoms with Crippen LogP contribution in [0.2, 0.25) is 0 Å². The van der Waals surface area contributed by atoms with E-state index in [1.807, 2.05) is 30.3 Å². The molecule has 0 unspecified atom stereocenters. The Morgan fingerprint density at radius 1 is 1.00 bits per heavy atom. The van der Waals surface area contributed by atoms with Crippen molar-refractivity contribution in [2.45, 2.75) is 12.6 Å². The minimum Gasteiger partial charge on any atom is -0.478 e. The van der Waals surface area contributed by atoms with E-state index in [0.717, 1.165) is 23.8 Å². The first-order valence-electron chi connectivity index (χ1n) is 8.94. The molecule has 0 atom stereocenters. The second-order valence-corrected chi connectivity index (χ2v) is 6.42. The molecule has 0 radical (unpaired) electrons. The third kappa shape index (κ3) is 5.28. The summed E-state index contributed by atoms with van der Waals surface area (Å²) in [5.74, 6) is -2.66. The molecule has 0 saturated carbocycles. The number of benzene rings is 3. The molecule has 0 aromatic heterocycles. The molecule has 0 saturated heterocycles. The van der Waals surface area contributed by atoms with Crippen LogP contribution in [0.25, 0.3) is 0 Å². The lowest BCUT2D eigenvalue weighted by Gasteiger charge is -2.19. The van der Waals surface area contributed by atoms with Crippen LogP contribution in [0.4, 0.5) is 23.2 Å². The molecule has 156 valence electrons. The minimum atomic E-state index is -4.86. The molecular weight excluding hydrogens is 402 g/mol. The van der Waals surface area contributed by atoms with Gasteiger partial charge in [-0.25, -0.2) is 9.18 Å². The average molecular weight is 419 g/mol. The highest BCUT2D eigenvalue weighted by Crippen LogP contribution is 2.43. The van der Waals surface area contributed by atoms with Crippen molar-refractivity contribution in [1.82, 2.24) is 0 Å². The molecule has 0 fully saturated rings. The van der Waals surface area contributed by atoms with Gasteiger partial charge in [0.25, 0.3) is 0 Å². The van der Waals surface area contributed by atoms with E-state index in [2.05, 4.69) is 5.32 Å². The second-order valence-electron chi connectivity index (χ2n) is 6.42. The first kappa shape index (κ1) is 21.2. The van der Waals surface area contributed by atoms with Gasteiger partial charge in [-0.05, 0) is 48.4 Å². The Morgan fingerprint density at radius 2 is 1.67 bits per heavy atom. The van der Waals surface area contributed by atoms with Crippen LogP contribution in [0.5, 0.6) is 11.5 Å². The highest BCUT2D eigenvalue weighted by molar-refractivity contribution is 5.90. The fourth-order valence-electron chi connectivity index (χ4n) is 2.81. The molecule has 0 aliphatic carbocycles. The Labute approximate surface area is 169 Å². The van der Waals surface area contributed by atoms with Crippen LogP contribution in [0, 0.1) is 5.82 Å². The molecule has 3 aromatic carbocycles. The molecule has 0 aliphatic rings. The predicted octanol–water partition coefficient (Wildman–Crippen LogP) is 5.99. The van der Waals surface area contributed by atoms with Crippen LogP contribution in [0.3, 0.4) is 0 Å². The highest BCUT2D eigenvalue weighted by atomic mass is 19.4. The molecule has 3 rings (SSSR count). The first-order valence-corrected chi connectivity index (χ1v) is 8.94. The van der Waals surface area contributed by atoms with E-state index in [4.69, 9.17) is 4.74 Å². The number of hydrogen-bond acceptors (Lipinski definition) is 3. The van der Waals surface area contributed by atoms with E-state index in [0.29, 0.717) is 12.5 Å². The Balaban J connectivity index is 1.98. The van der Waals surface area contributed by atoms with Gasteiger partial charge < -0.3 is 15.2 Å². The van der Waals surface area contributed by atoms with Gasteiger partial charge >= 0.3 is 12.1 Å². The van der Waals surface area contributed by atoms with Crippen molar-refractivity contribution in [1.29, 1.82) is 0 Å². The van der Waals surface area contributed by atoms with E-state index in [-0.39, 0.29) is 18.0 Å². The Hall–Kier alpha value is -3.55. The van der Waals surface area contributed by atoms with Crippen molar-refractivity contribution in [2.75, 3.05) is 11.9 Å². The maximum atomic E-state index is 13.7. The standard InChI is InChI=1S/C22H17F4NO3/c23-16-6-8-17(9-7-16)30-20-18(22(24,25)26)12-15(21(28)29)13-19(20)27-11-10-14-4-2-1-3-5-14/h1-9,12-13,27H,10-11H2,(H,28,29). The summed E-state index contributed by atoms with van der Waals surface area (Å²) >= 11 is 0. The number of alkyl halides is 3. The fourth-order valence-corrected chi connectivity index (χ4v) is 2.81. The number of halogens is 4. The number of nitrogens with one attached hydrogen (secondary N) is 1. The van der Waals surface area contributed by atoms with Crippen LogP contribution in [-0.4, -0.2) is 17.6 Å². The SMILES string of the molecule is O=C(O)c1cc(NCCc2ccccc2)c(Oc2ccc(F)cc2)c(C(F)(F)F)c1. The lowest BCUT2D eigenvalue weighted by molar-refractivity contribution is -0.138. The highest BCUT2D eigenvalue weighted by Gasteiger charge is 2.37. The van der Waals surface area contributed by atoms with Gasteiger partial charge in [-0.15, -0.1) is 0 Å². The van der Waals surface area contributed by atoms with Gasteiger partial charge in [0.05, 0.1) is 11.3 Å². The van der Waals surface area contributed by atoms with Crippen molar-refractivity contribution in [3.8, 4) is 11.5 Å². The molecule has 8 heteroatoms. The number of anilines is 1. The Kier molecular flexibility index (Phi) is 6.25. The Bertz CT molecular complexity index is 1020. The van der Waals surface area contributed by atoms with Crippen LogP contribution in [0.15, 0.2) is 66.7 Å². The second kappa shape index (κ2) is 8.86.